The van der Waals surface area contributed by atoms with Gasteiger partial charge < -0.3 is 15.0 Å². The quantitative estimate of drug-likeness (QED) is 0.762. The Morgan fingerprint density at radius 1 is 1.04 bits per heavy atom. The van der Waals surface area contributed by atoms with Crippen LogP contribution in [0.15, 0.2) is 48.5 Å². The van der Waals surface area contributed by atoms with Crippen LogP contribution >= 0.6 is 11.6 Å². The SMILES string of the molecule is O=C(NCCC(=O)N1CCCCC1)c1cccc(OCc2cccc(Cl)c2)c1. The number of amides is 2. The average Bonchev–Trinajstić information content (AvgIpc) is 2.73. The normalized spacial score (nSPS) is 13.8. The first-order chi connectivity index (χ1) is 13.6. The molecule has 1 N–H and O–H groups in total. The van der Waals surface area contributed by atoms with Crippen molar-refractivity contribution in [2.45, 2.75) is 32.3 Å². The Hall–Kier alpha value is -2.53. The van der Waals surface area contributed by atoms with Gasteiger partial charge in [-0.25, -0.2) is 0 Å². The molecule has 5 nitrogen and oxygen atoms in total. The lowest BCUT2D eigenvalue weighted by molar-refractivity contribution is -0.131. The highest BCUT2D eigenvalue weighted by atomic mass is 35.5. The number of nitrogens with zero attached hydrogens (tertiary/aromatic N) is 1. The van der Waals surface area contributed by atoms with Gasteiger partial charge in [0, 0.05) is 36.6 Å². The first-order valence-electron chi connectivity index (χ1n) is 9.65. The van der Waals surface area contributed by atoms with E-state index in [4.69, 9.17) is 16.3 Å². The fourth-order valence-electron chi connectivity index (χ4n) is 3.21. The third kappa shape index (κ3) is 5.99. The summed E-state index contributed by atoms with van der Waals surface area (Å²) in [7, 11) is 0. The second kappa shape index (κ2) is 10.1. The first kappa shape index (κ1) is 20.2. The number of benzene rings is 2. The number of piperidine rings is 1. The molecule has 2 aromatic carbocycles. The molecule has 0 spiro atoms. The lowest BCUT2D eigenvalue weighted by Crippen LogP contribution is -2.37. The number of halogens is 1. The summed E-state index contributed by atoms with van der Waals surface area (Å²) in [6.45, 7) is 2.37. The molecule has 1 fully saturated rings. The number of rotatable bonds is 7. The molecule has 0 radical (unpaired) electrons. The minimum absolute atomic E-state index is 0.110. The molecule has 148 valence electrons. The number of carbonyl (C=O) groups is 2. The van der Waals surface area contributed by atoms with Gasteiger partial charge in [0.1, 0.15) is 12.4 Å². The van der Waals surface area contributed by atoms with E-state index >= 15 is 0 Å². The van der Waals surface area contributed by atoms with Crippen LogP contribution in [-0.2, 0) is 11.4 Å². The number of nitrogens with one attached hydrogen (secondary N) is 1. The van der Waals surface area contributed by atoms with E-state index in [1.807, 2.05) is 29.2 Å². The summed E-state index contributed by atoms with van der Waals surface area (Å²) in [5.74, 6) is 0.510. The van der Waals surface area contributed by atoms with Crippen molar-refractivity contribution in [2.24, 2.45) is 0 Å². The minimum Gasteiger partial charge on any atom is -0.489 e. The standard InChI is InChI=1S/C22H25ClN2O3/c23-19-8-4-6-17(14-19)16-28-20-9-5-7-18(15-20)22(27)24-11-10-21(26)25-12-2-1-3-13-25/h4-9,14-15H,1-3,10-13,16H2,(H,24,27). The zero-order valence-corrected chi connectivity index (χ0v) is 16.6. The van der Waals surface area contributed by atoms with Gasteiger partial charge in [-0.2, -0.15) is 0 Å². The molecule has 1 aliphatic rings. The van der Waals surface area contributed by atoms with Gasteiger partial charge in [0.15, 0.2) is 0 Å². The van der Waals surface area contributed by atoms with Gasteiger partial charge in [-0.1, -0.05) is 29.8 Å². The summed E-state index contributed by atoms with van der Waals surface area (Å²) >= 11 is 5.98. The molecule has 2 aromatic rings. The molecular weight excluding hydrogens is 376 g/mol. The summed E-state index contributed by atoms with van der Waals surface area (Å²) in [5, 5.41) is 3.48. The van der Waals surface area contributed by atoms with Crippen molar-refractivity contribution in [3.8, 4) is 5.75 Å². The summed E-state index contributed by atoms with van der Waals surface area (Å²) in [6, 6.07) is 14.5. The van der Waals surface area contributed by atoms with E-state index in [0.29, 0.717) is 35.9 Å². The van der Waals surface area contributed by atoms with Crippen molar-refractivity contribution >= 4 is 23.4 Å². The molecule has 28 heavy (non-hydrogen) atoms. The third-order valence-electron chi connectivity index (χ3n) is 4.72. The minimum atomic E-state index is -0.209. The molecule has 2 amide bonds. The van der Waals surface area contributed by atoms with Gasteiger partial charge >= 0.3 is 0 Å². The van der Waals surface area contributed by atoms with Crippen LogP contribution in [0, 0.1) is 0 Å². The van der Waals surface area contributed by atoms with Gasteiger partial charge in [-0.3, -0.25) is 9.59 Å². The Morgan fingerprint density at radius 2 is 1.82 bits per heavy atom. The number of likely N-dealkylation sites (tertiary alicyclic amines) is 1. The Labute approximate surface area is 170 Å². The molecule has 0 atom stereocenters. The molecule has 0 bridgehead atoms. The molecule has 1 saturated heterocycles. The van der Waals surface area contributed by atoms with E-state index in [9.17, 15) is 9.59 Å². The van der Waals surface area contributed by atoms with Gasteiger partial charge in [-0.05, 0) is 55.2 Å². The van der Waals surface area contributed by atoms with E-state index in [-0.39, 0.29) is 11.8 Å². The molecule has 1 aliphatic heterocycles. The van der Waals surface area contributed by atoms with E-state index < -0.39 is 0 Å². The molecule has 3 rings (SSSR count). The first-order valence-corrected chi connectivity index (χ1v) is 10.0. The zero-order chi connectivity index (χ0) is 19.8. The molecule has 6 heteroatoms. The summed E-state index contributed by atoms with van der Waals surface area (Å²) in [6.07, 6.45) is 3.66. The van der Waals surface area contributed by atoms with Crippen molar-refractivity contribution in [2.75, 3.05) is 19.6 Å². The average molecular weight is 401 g/mol. The van der Waals surface area contributed by atoms with Crippen LogP contribution in [0.1, 0.15) is 41.6 Å². The van der Waals surface area contributed by atoms with Gasteiger partial charge in [0.05, 0.1) is 0 Å². The lowest BCUT2D eigenvalue weighted by Gasteiger charge is -2.26. The monoisotopic (exact) mass is 400 g/mol. The van der Waals surface area contributed by atoms with Crippen LogP contribution in [0.3, 0.4) is 0 Å². The third-order valence-corrected chi connectivity index (χ3v) is 4.96. The maximum atomic E-state index is 12.4. The second-order valence-corrected chi connectivity index (χ2v) is 7.33. The van der Waals surface area contributed by atoms with Gasteiger partial charge in [0.25, 0.3) is 5.91 Å². The Morgan fingerprint density at radius 3 is 2.61 bits per heavy atom. The van der Waals surface area contributed by atoms with E-state index in [1.54, 1.807) is 24.3 Å². The molecule has 0 aliphatic carbocycles. The van der Waals surface area contributed by atoms with E-state index in [2.05, 4.69) is 5.32 Å². The van der Waals surface area contributed by atoms with Crippen molar-refractivity contribution in [3.05, 3.63) is 64.7 Å². The molecule has 1 heterocycles. The highest BCUT2D eigenvalue weighted by Gasteiger charge is 2.16. The van der Waals surface area contributed by atoms with Crippen LogP contribution in [0.5, 0.6) is 5.75 Å². The lowest BCUT2D eigenvalue weighted by atomic mass is 10.1. The second-order valence-electron chi connectivity index (χ2n) is 6.89. The van der Waals surface area contributed by atoms with Crippen molar-refractivity contribution in [1.29, 1.82) is 0 Å². The van der Waals surface area contributed by atoms with Crippen LogP contribution in [0.2, 0.25) is 5.02 Å². The number of carbonyl (C=O) groups excluding carboxylic acids is 2. The fraction of sp³-hybridized carbons (Fsp3) is 0.364. The predicted molar refractivity (Wildman–Crippen MR) is 110 cm³/mol. The zero-order valence-electron chi connectivity index (χ0n) is 15.8. The molecule has 0 unspecified atom stereocenters. The summed E-state index contributed by atoms with van der Waals surface area (Å²) in [5.41, 5.74) is 1.47. The topological polar surface area (TPSA) is 58.6 Å². The van der Waals surface area contributed by atoms with Gasteiger partial charge in [-0.15, -0.1) is 0 Å². The summed E-state index contributed by atoms with van der Waals surface area (Å²) in [4.78, 5) is 26.4. The maximum absolute atomic E-state index is 12.4. The predicted octanol–water partition coefficient (Wildman–Crippen LogP) is 4.05. The molecular formula is C22H25ClN2O3. The van der Waals surface area contributed by atoms with Crippen LogP contribution in [0.4, 0.5) is 0 Å². The van der Waals surface area contributed by atoms with Crippen LogP contribution in [0.25, 0.3) is 0 Å². The highest BCUT2D eigenvalue weighted by Crippen LogP contribution is 2.17. The number of hydrogen-bond donors (Lipinski definition) is 1. The molecule has 0 saturated carbocycles. The Balaban J connectivity index is 1.47. The van der Waals surface area contributed by atoms with Crippen LogP contribution < -0.4 is 10.1 Å². The number of hydrogen-bond acceptors (Lipinski definition) is 3. The smallest absolute Gasteiger partial charge is 0.251 e. The number of ether oxygens (including phenoxy) is 1. The Bertz CT molecular complexity index is 819. The largest absolute Gasteiger partial charge is 0.489 e. The van der Waals surface area contributed by atoms with Crippen molar-refractivity contribution < 1.29 is 14.3 Å². The van der Waals surface area contributed by atoms with Crippen molar-refractivity contribution in [1.82, 2.24) is 10.2 Å². The van der Waals surface area contributed by atoms with Crippen molar-refractivity contribution in [3.63, 3.8) is 0 Å². The fourth-order valence-corrected chi connectivity index (χ4v) is 3.42. The van der Waals surface area contributed by atoms with Gasteiger partial charge in [0.2, 0.25) is 5.91 Å². The summed E-state index contributed by atoms with van der Waals surface area (Å²) < 4.78 is 5.76. The highest BCUT2D eigenvalue weighted by molar-refractivity contribution is 6.30. The maximum Gasteiger partial charge on any atom is 0.251 e. The molecule has 0 aromatic heterocycles. The Kier molecular flexibility index (Phi) is 7.31. The van der Waals surface area contributed by atoms with E-state index in [1.165, 1.54) is 6.42 Å². The van der Waals surface area contributed by atoms with E-state index in [0.717, 1.165) is 31.5 Å². The van der Waals surface area contributed by atoms with Crippen LogP contribution in [-0.4, -0.2) is 36.3 Å².